The lowest BCUT2D eigenvalue weighted by molar-refractivity contribution is 0.547. The van der Waals surface area contributed by atoms with Crippen LogP contribution in [0.3, 0.4) is 0 Å². The molecule has 3 nitrogen and oxygen atoms in total. The van der Waals surface area contributed by atoms with Gasteiger partial charge in [-0.25, -0.2) is 0 Å². The van der Waals surface area contributed by atoms with Crippen LogP contribution in [0.5, 0.6) is 0 Å². The monoisotopic (exact) mass is 231 g/mol. The van der Waals surface area contributed by atoms with Crippen molar-refractivity contribution < 1.29 is 0 Å². The van der Waals surface area contributed by atoms with Crippen LogP contribution in [0.4, 0.5) is 5.13 Å². The molecular weight excluding hydrogens is 214 g/mol. The maximum Gasteiger partial charge on any atom is 0.206 e. The molecule has 0 spiro atoms. The number of nitrogens with one attached hydrogen (secondary N) is 1. The van der Waals surface area contributed by atoms with Gasteiger partial charge >= 0.3 is 0 Å². The predicted molar refractivity (Wildman–Crippen MR) is 64.6 cm³/mol. The minimum absolute atomic E-state index is 0.701. The number of anilines is 1. The Hall–Kier alpha value is -0.420. The van der Waals surface area contributed by atoms with Gasteiger partial charge in [-0.1, -0.05) is 31.6 Å². The van der Waals surface area contributed by atoms with E-state index < -0.39 is 0 Å². The third-order valence-electron chi connectivity index (χ3n) is 2.31. The smallest absolute Gasteiger partial charge is 0.206 e. The first-order valence-corrected chi connectivity index (χ1v) is 6.20. The number of rotatable bonds is 5. The molecule has 0 saturated carbocycles. The Bertz CT molecular complexity index is 318. The second kappa shape index (κ2) is 5.46. The molecule has 0 amide bonds. The van der Waals surface area contributed by atoms with E-state index in [2.05, 4.69) is 35.9 Å². The van der Waals surface area contributed by atoms with E-state index in [-0.39, 0.29) is 0 Å². The first kappa shape index (κ1) is 11.7. The van der Waals surface area contributed by atoms with Crippen LogP contribution in [0.2, 0.25) is 0 Å². The molecule has 1 heterocycles. The molecule has 1 N–H and O–H groups in total. The minimum atomic E-state index is 0.701. The van der Waals surface area contributed by atoms with Gasteiger partial charge in [-0.2, -0.15) is 0 Å². The predicted octanol–water partition coefficient (Wildman–Crippen LogP) is 3.07. The lowest BCUT2D eigenvalue weighted by atomic mass is 10.1. The van der Waals surface area contributed by atoms with Crippen molar-refractivity contribution in [2.75, 3.05) is 18.0 Å². The van der Waals surface area contributed by atoms with Gasteiger partial charge in [0.05, 0.1) is 0 Å². The van der Waals surface area contributed by atoms with Gasteiger partial charge in [0.1, 0.15) is 0 Å². The van der Waals surface area contributed by atoms with Crippen molar-refractivity contribution in [3.63, 3.8) is 0 Å². The summed E-state index contributed by atoms with van der Waals surface area (Å²) in [5, 5.41) is 8.02. The number of hydrogen-bond donors (Lipinski definition) is 1. The van der Waals surface area contributed by atoms with Crippen LogP contribution in [-0.4, -0.2) is 23.3 Å². The van der Waals surface area contributed by atoms with Crippen LogP contribution >= 0.6 is 23.6 Å². The molecule has 1 unspecified atom stereocenters. The summed E-state index contributed by atoms with van der Waals surface area (Å²) in [6, 6.07) is 0. The van der Waals surface area contributed by atoms with E-state index in [1.807, 2.05) is 0 Å². The lowest BCUT2D eigenvalue weighted by Crippen LogP contribution is -2.27. The van der Waals surface area contributed by atoms with Gasteiger partial charge in [0, 0.05) is 13.1 Å². The van der Waals surface area contributed by atoms with Gasteiger partial charge < -0.3 is 4.90 Å². The summed E-state index contributed by atoms with van der Waals surface area (Å²) >= 11 is 6.56. The molecule has 0 aromatic carbocycles. The molecule has 5 heteroatoms. The van der Waals surface area contributed by atoms with E-state index in [1.165, 1.54) is 6.42 Å². The molecule has 1 aromatic heterocycles. The highest BCUT2D eigenvalue weighted by atomic mass is 32.1. The van der Waals surface area contributed by atoms with Crippen molar-refractivity contribution in [3.05, 3.63) is 3.95 Å². The second-order valence-electron chi connectivity index (χ2n) is 3.45. The maximum absolute atomic E-state index is 5.02. The summed E-state index contributed by atoms with van der Waals surface area (Å²) in [6.45, 7) is 8.66. The van der Waals surface area contributed by atoms with Crippen molar-refractivity contribution in [1.29, 1.82) is 0 Å². The summed E-state index contributed by atoms with van der Waals surface area (Å²) in [4.78, 5) is 2.27. The maximum atomic E-state index is 5.02. The van der Waals surface area contributed by atoms with Crippen LogP contribution in [-0.2, 0) is 0 Å². The van der Waals surface area contributed by atoms with Crippen molar-refractivity contribution in [3.8, 4) is 0 Å². The van der Waals surface area contributed by atoms with Gasteiger partial charge in [-0.3, -0.25) is 5.10 Å². The topological polar surface area (TPSA) is 31.9 Å². The highest BCUT2D eigenvalue weighted by molar-refractivity contribution is 7.73. The first-order chi connectivity index (χ1) is 6.67. The Balaban J connectivity index is 2.67. The molecule has 0 saturated heterocycles. The molecule has 0 fully saturated rings. The Labute approximate surface area is 94.2 Å². The Morgan fingerprint density at radius 2 is 2.29 bits per heavy atom. The molecule has 0 aliphatic rings. The standard InChI is InChI=1S/C9H17N3S2/c1-4-7(3)6-12(5-2)8-10-11-9(13)14-8/h7H,4-6H2,1-3H3,(H,11,13). The summed E-state index contributed by atoms with van der Waals surface area (Å²) in [5.74, 6) is 0.701. The third-order valence-corrected chi connectivity index (χ3v) is 3.46. The molecule has 0 bridgehead atoms. The fourth-order valence-corrected chi connectivity index (χ4v) is 2.16. The molecule has 0 aliphatic carbocycles. The zero-order valence-corrected chi connectivity index (χ0v) is 10.5. The van der Waals surface area contributed by atoms with Gasteiger partial charge in [0.15, 0.2) is 3.95 Å². The highest BCUT2D eigenvalue weighted by Crippen LogP contribution is 2.18. The average Bonchev–Trinajstić information content (AvgIpc) is 2.60. The van der Waals surface area contributed by atoms with Crippen LogP contribution in [0, 0.1) is 9.87 Å². The highest BCUT2D eigenvalue weighted by Gasteiger charge is 2.10. The van der Waals surface area contributed by atoms with Gasteiger partial charge in [-0.05, 0) is 25.1 Å². The summed E-state index contributed by atoms with van der Waals surface area (Å²) in [7, 11) is 0. The molecule has 0 aliphatic heterocycles. The Kier molecular flexibility index (Phi) is 4.54. The van der Waals surface area contributed by atoms with E-state index >= 15 is 0 Å². The lowest BCUT2D eigenvalue weighted by Gasteiger charge is -2.22. The fraction of sp³-hybridized carbons (Fsp3) is 0.778. The second-order valence-corrected chi connectivity index (χ2v) is 5.09. The largest absolute Gasteiger partial charge is 0.347 e. The molecule has 80 valence electrons. The van der Waals surface area contributed by atoms with E-state index in [4.69, 9.17) is 12.2 Å². The zero-order chi connectivity index (χ0) is 10.6. The molecule has 0 radical (unpaired) electrons. The number of H-pyrrole nitrogens is 1. The molecular formula is C9H17N3S2. The minimum Gasteiger partial charge on any atom is -0.347 e. The number of aromatic amines is 1. The number of aromatic nitrogens is 2. The summed E-state index contributed by atoms with van der Waals surface area (Å²) in [5.41, 5.74) is 0. The fourth-order valence-electron chi connectivity index (χ4n) is 1.21. The molecule has 1 atom stereocenters. The first-order valence-electron chi connectivity index (χ1n) is 4.97. The van der Waals surface area contributed by atoms with Crippen molar-refractivity contribution >= 4 is 28.7 Å². The average molecular weight is 231 g/mol. The summed E-state index contributed by atoms with van der Waals surface area (Å²) in [6.07, 6.45) is 1.20. The van der Waals surface area contributed by atoms with Crippen LogP contribution in [0.1, 0.15) is 27.2 Å². The van der Waals surface area contributed by atoms with E-state index in [0.29, 0.717) is 5.92 Å². The van der Waals surface area contributed by atoms with Crippen LogP contribution in [0.15, 0.2) is 0 Å². The SMILES string of the molecule is CCC(C)CN(CC)c1n[nH]c(=S)s1. The van der Waals surface area contributed by atoms with Crippen LogP contribution < -0.4 is 4.90 Å². The zero-order valence-electron chi connectivity index (χ0n) is 8.91. The van der Waals surface area contributed by atoms with Gasteiger partial charge in [0.25, 0.3) is 0 Å². The third kappa shape index (κ3) is 3.06. The Morgan fingerprint density at radius 1 is 1.57 bits per heavy atom. The molecule has 1 rings (SSSR count). The van der Waals surface area contributed by atoms with Crippen LogP contribution in [0.25, 0.3) is 0 Å². The molecule has 1 aromatic rings. The van der Waals surface area contributed by atoms with Crippen molar-refractivity contribution in [2.24, 2.45) is 5.92 Å². The van der Waals surface area contributed by atoms with E-state index in [0.717, 1.165) is 22.2 Å². The van der Waals surface area contributed by atoms with E-state index in [9.17, 15) is 0 Å². The number of hydrogen-bond acceptors (Lipinski definition) is 4. The molecule has 14 heavy (non-hydrogen) atoms. The Morgan fingerprint density at radius 3 is 2.71 bits per heavy atom. The van der Waals surface area contributed by atoms with E-state index in [1.54, 1.807) is 11.3 Å². The van der Waals surface area contributed by atoms with Gasteiger partial charge in [0.2, 0.25) is 5.13 Å². The quantitative estimate of drug-likeness (QED) is 0.790. The van der Waals surface area contributed by atoms with Gasteiger partial charge in [-0.15, -0.1) is 5.10 Å². The number of nitrogens with zero attached hydrogens (tertiary/aromatic N) is 2. The van der Waals surface area contributed by atoms with Crippen molar-refractivity contribution in [2.45, 2.75) is 27.2 Å². The summed E-state index contributed by atoms with van der Waals surface area (Å²) < 4.78 is 0.752. The normalized spacial score (nSPS) is 12.8. The van der Waals surface area contributed by atoms with Crippen molar-refractivity contribution in [1.82, 2.24) is 10.2 Å².